The summed E-state index contributed by atoms with van der Waals surface area (Å²) in [7, 11) is 0. The van der Waals surface area contributed by atoms with E-state index in [2.05, 4.69) is 9.72 Å². The molecule has 1 rings (SSSR count). The minimum Gasteiger partial charge on any atom is -0.387 e. The lowest BCUT2D eigenvalue weighted by atomic mass is 10.1. The highest BCUT2D eigenvalue weighted by molar-refractivity contribution is 5.37. The van der Waals surface area contributed by atoms with Crippen molar-refractivity contribution in [2.24, 2.45) is 5.73 Å². The maximum absolute atomic E-state index is 12.6. The number of alkyl halides is 5. The summed E-state index contributed by atoms with van der Waals surface area (Å²) in [5, 5.41) is 0. The molecule has 0 fully saturated rings. The molecule has 1 aromatic rings. The molecule has 0 saturated heterocycles. The topological polar surface area (TPSA) is 48.1 Å². The summed E-state index contributed by atoms with van der Waals surface area (Å²) in [5.41, 5.74) is 4.32. The number of aryl methyl sites for hydroxylation is 1. The first-order valence-corrected chi connectivity index (χ1v) is 4.49. The molecule has 8 heteroatoms. The molecule has 0 atom stereocenters. The van der Waals surface area contributed by atoms with E-state index in [0.29, 0.717) is 0 Å². The second-order valence-electron chi connectivity index (χ2n) is 3.20. The van der Waals surface area contributed by atoms with Crippen LogP contribution in [0.15, 0.2) is 6.07 Å². The number of ether oxygens (including phenoxy) is 1. The predicted octanol–water partition coefficient (Wildman–Crippen LogP) is 2.68. The molecule has 96 valence electrons. The van der Waals surface area contributed by atoms with Gasteiger partial charge in [-0.1, -0.05) is 0 Å². The van der Waals surface area contributed by atoms with Crippen LogP contribution < -0.4 is 10.5 Å². The molecule has 0 bridgehead atoms. The zero-order chi connectivity index (χ0) is 13.2. The number of rotatable bonds is 3. The molecule has 3 nitrogen and oxygen atoms in total. The normalized spacial score (nSPS) is 12.0. The van der Waals surface area contributed by atoms with Crippen molar-refractivity contribution in [3.63, 3.8) is 0 Å². The fraction of sp³-hybridized carbons (Fsp3) is 0.444. The zero-order valence-corrected chi connectivity index (χ0v) is 8.68. The largest absolute Gasteiger partial charge is 0.574 e. The van der Waals surface area contributed by atoms with Crippen molar-refractivity contribution < 1.29 is 26.7 Å². The third-order valence-electron chi connectivity index (χ3n) is 1.92. The second-order valence-corrected chi connectivity index (χ2v) is 3.20. The Morgan fingerprint density at radius 1 is 1.41 bits per heavy atom. The monoisotopic (exact) mass is 256 g/mol. The van der Waals surface area contributed by atoms with Crippen LogP contribution in [0.3, 0.4) is 0 Å². The summed E-state index contributed by atoms with van der Waals surface area (Å²) < 4.78 is 64.7. The van der Waals surface area contributed by atoms with Crippen molar-refractivity contribution in [3.05, 3.63) is 22.9 Å². The first-order valence-electron chi connectivity index (χ1n) is 4.49. The van der Waals surface area contributed by atoms with Crippen molar-refractivity contribution in [3.8, 4) is 5.88 Å². The molecular formula is C9H9F5N2O. The molecule has 0 amide bonds. The highest BCUT2D eigenvalue weighted by Gasteiger charge is 2.34. The molecule has 0 radical (unpaired) electrons. The average Bonchev–Trinajstić information content (AvgIpc) is 2.13. The van der Waals surface area contributed by atoms with Gasteiger partial charge in [-0.2, -0.15) is 0 Å². The first-order chi connectivity index (χ1) is 7.74. The number of hydrogen-bond donors (Lipinski definition) is 1. The molecule has 0 unspecified atom stereocenters. The van der Waals surface area contributed by atoms with Crippen molar-refractivity contribution in [2.45, 2.75) is 26.3 Å². The van der Waals surface area contributed by atoms with E-state index in [9.17, 15) is 22.0 Å². The smallest absolute Gasteiger partial charge is 0.387 e. The second kappa shape index (κ2) is 4.82. The highest BCUT2D eigenvalue weighted by Crippen LogP contribution is 2.34. The number of pyridine rings is 1. The van der Waals surface area contributed by atoms with Gasteiger partial charge >= 0.3 is 6.36 Å². The number of halogens is 5. The van der Waals surface area contributed by atoms with Gasteiger partial charge in [-0.3, -0.25) is 0 Å². The maximum Gasteiger partial charge on any atom is 0.574 e. The Bertz CT molecular complexity index is 405. The van der Waals surface area contributed by atoms with Gasteiger partial charge in [0.05, 0.1) is 11.3 Å². The van der Waals surface area contributed by atoms with Gasteiger partial charge < -0.3 is 10.5 Å². The third-order valence-corrected chi connectivity index (χ3v) is 1.92. The summed E-state index contributed by atoms with van der Waals surface area (Å²) in [5.74, 6) is -1.15. The predicted molar refractivity (Wildman–Crippen MR) is 48.5 cm³/mol. The minimum atomic E-state index is -5.07. The molecule has 0 aliphatic carbocycles. The molecule has 0 aromatic carbocycles. The summed E-state index contributed by atoms with van der Waals surface area (Å²) in [6.45, 7) is 1.07. The molecule has 0 spiro atoms. The van der Waals surface area contributed by atoms with E-state index in [1.54, 1.807) is 0 Å². The molecule has 0 aliphatic heterocycles. The van der Waals surface area contributed by atoms with Crippen LogP contribution >= 0.6 is 0 Å². The Kier molecular flexibility index (Phi) is 3.87. The molecular weight excluding hydrogens is 247 g/mol. The van der Waals surface area contributed by atoms with E-state index < -0.39 is 24.2 Å². The molecule has 1 aromatic heterocycles. The molecule has 0 aliphatic rings. The first kappa shape index (κ1) is 13.6. The van der Waals surface area contributed by atoms with Gasteiger partial charge in [0.1, 0.15) is 0 Å². The number of aromatic nitrogens is 1. The Morgan fingerprint density at radius 3 is 2.41 bits per heavy atom. The van der Waals surface area contributed by atoms with Crippen LogP contribution in [0.1, 0.15) is 23.2 Å². The van der Waals surface area contributed by atoms with Crippen LogP contribution in [-0.2, 0) is 6.54 Å². The van der Waals surface area contributed by atoms with Gasteiger partial charge in [-0.25, -0.2) is 13.8 Å². The zero-order valence-electron chi connectivity index (χ0n) is 8.68. The Labute approximate surface area is 93.4 Å². The fourth-order valence-electron chi connectivity index (χ4n) is 1.28. The van der Waals surface area contributed by atoms with E-state index >= 15 is 0 Å². The summed E-state index contributed by atoms with van der Waals surface area (Å²) in [4.78, 5) is 3.31. The third kappa shape index (κ3) is 3.52. The summed E-state index contributed by atoms with van der Waals surface area (Å²) in [6, 6.07) is 1.20. The number of nitrogens with zero attached hydrogens (tertiary/aromatic N) is 1. The highest BCUT2D eigenvalue weighted by atomic mass is 19.4. The van der Waals surface area contributed by atoms with E-state index in [1.165, 1.54) is 13.0 Å². The SMILES string of the molecule is Cc1cc(CN)nc(OC(F)(F)F)c1C(F)F. The number of hydrogen-bond acceptors (Lipinski definition) is 3. The van der Waals surface area contributed by atoms with Crippen LogP contribution in [0.5, 0.6) is 5.88 Å². The molecule has 1 heterocycles. The van der Waals surface area contributed by atoms with Gasteiger partial charge in [-0.15, -0.1) is 13.2 Å². The van der Waals surface area contributed by atoms with Gasteiger partial charge in [0.15, 0.2) is 0 Å². The van der Waals surface area contributed by atoms with Gasteiger partial charge in [-0.05, 0) is 18.6 Å². The van der Waals surface area contributed by atoms with Crippen molar-refractivity contribution in [2.75, 3.05) is 0 Å². The quantitative estimate of drug-likeness (QED) is 0.846. The van der Waals surface area contributed by atoms with E-state index in [1.807, 2.05) is 0 Å². The summed E-state index contributed by atoms with van der Waals surface area (Å²) in [6.07, 6.45) is -8.18. The fourth-order valence-corrected chi connectivity index (χ4v) is 1.28. The lowest BCUT2D eigenvalue weighted by Crippen LogP contribution is -2.20. The molecule has 17 heavy (non-hydrogen) atoms. The molecule has 0 saturated carbocycles. The van der Waals surface area contributed by atoms with Gasteiger partial charge in [0.25, 0.3) is 6.43 Å². The Hall–Kier alpha value is -1.44. The van der Waals surface area contributed by atoms with Crippen LogP contribution in [-0.4, -0.2) is 11.3 Å². The Morgan fingerprint density at radius 2 is 2.00 bits per heavy atom. The van der Waals surface area contributed by atoms with E-state index in [4.69, 9.17) is 5.73 Å². The minimum absolute atomic E-state index is 0.0466. The number of nitrogens with two attached hydrogens (primary N) is 1. The van der Waals surface area contributed by atoms with E-state index in [-0.39, 0.29) is 17.8 Å². The van der Waals surface area contributed by atoms with Crippen LogP contribution in [0, 0.1) is 6.92 Å². The summed E-state index contributed by atoms with van der Waals surface area (Å²) >= 11 is 0. The Balaban J connectivity index is 3.27. The standard InChI is InChI=1S/C9H9F5N2O/c1-4-2-5(3-15)16-8(6(4)7(10)11)17-9(12,13)14/h2,7H,3,15H2,1H3. The molecule has 2 N–H and O–H groups in total. The van der Waals surface area contributed by atoms with E-state index in [0.717, 1.165) is 0 Å². The average molecular weight is 256 g/mol. The van der Waals surface area contributed by atoms with Crippen molar-refractivity contribution in [1.82, 2.24) is 4.98 Å². The van der Waals surface area contributed by atoms with Crippen molar-refractivity contribution in [1.29, 1.82) is 0 Å². The van der Waals surface area contributed by atoms with Crippen LogP contribution in [0.4, 0.5) is 22.0 Å². The van der Waals surface area contributed by atoms with Gasteiger partial charge in [0.2, 0.25) is 5.88 Å². The van der Waals surface area contributed by atoms with Crippen LogP contribution in [0.25, 0.3) is 0 Å². The maximum atomic E-state index is 12.6. The van der Waals surface area contributed by atoms with Crippen molar-refractivity contribution >= 4 is 0 Å². The van der Waals surface area contributed by atoms with Crippen LogP contribution in [0.2, 0.25) is 0 Å². The lowest BCUT2D eigenvalue weighted by Gasteiger charge is -2.14. The van der Waals surface area contributed by atoms with Gasteiger partial charge in [0, 0.05) is 6.54 Å². The lowest BCUT2D eigenvalue weighted by molar-refractivity contribution is -0.276.